The molecule has 1 aliphatic rings. The number of pyridine rings is 1. The van der Waals surface area contributed by atoms with Crippen LogP contribution < -0.4 is 0 Å². The van der Waals surface area contributed by atoms with Crippen molar-refractivity contribution in [2.75, 3.05) is 13.1 Å². The summed E-state index contributed by atoms with van der Waals surface area (Å²) in [6.45, 7) is 3.37. The number of hydrogen-bond acceptors (Lipinski definition) is 2. The zero-order valence-electron chi connectivity index (χ0n) is 13.0. The van der Waals surface area contributed by atoms with E-state index < -0.39 is 0 Å². The number of piperidine rings is 1. The Bertz CT molecular complexity index is 789. The molecule has 1 fully saturated rings. The summed E-state index contributed by atoms with van der Waals surface area (Å²) in [5.41, 5.74) is 5.04. The maximum Gasteiger partial charge on any atom is 0.106 e. The lowest BCUT2D eigenvalue weighted by Gasteiger charge is -2.31. The Labute approximate surface area is 144 Å². The second kappa shape index (κ2) is 6.46. The number of likely N-dealkylation sites (tertiary alicyclic amines) is 1. The minimum atomic E-state index is 0.609. The fraction of sp³-hybridized carbons (Fsp3) is 0.316. The van der Waals surface area contributed by atoms with E-state index in [1.807, 2.05) is 6.07 Å². The van der Waals surface area contributed by atoms with Gasteiger partial charge in [0.2, 0.25) is 0 Å². The van der Waals surface area contributed by atoms with Crippen LogP contribution >= 0.6 is 15.9 Å². The summed E-state index contributed by atoms with van der Waals surface area (Å²) < 4.78 is 0.910. The summed E-state index contributed by atoms with van der Waals surface area (Å²) in [7, 11) is 0. The first-order valence-electron chi connectivity index (χ1n) is 8.19. The Kier molecular flexibility index (Phi) is 4.19. The van der Waals surface area contributed by atoms with Crippen molar-refractivity contribution in [2.45, 2.75) is 25.3 Å². The molecule has 118 valence electrons. The Morgan fingerprint density at radius 2 is 1.87 bits per heavy atom. The number of H-pyrrole nitrogens is 1. The first-order chi connectivity index (χ1) is 11.3. The quantitative estimate of drug-likeness (QED) is 0.678. The molecule has 0 aliphatic carbocycles. The molecule has 0 saturated carbocycles. The summed E-state index contributed by atoms with van der Waals surface area (Å²) in [6.07, 6.45) is 4.56. The number of nitrogens with zero attached hydrogens (tertiary/aromatic N) is 2. The van der Waals surface area contributed by atoms with Crippen LogP contribution in [0.15, 0.2) is 53.3 Å². The van der Waals surface area contributed by atoms with Crippen LogP contribution in [0, 0.1) is 0 Å². The van der Waals surface area contributed by atoms with Gasteiger partial charge in [0.1, 0.15) is 4.60 Å². The molecule has 1 N–H and O–H groups in total. The average Bonchev–Trinajstić information content (AvgIpc) is 2.99. The molecule has 3 heterocycles. The molecule has 4 heteroatoms. The standard InChI is InChI=1S/C19H20BrN3/c20-18-7-6-17-19(22-18)16(12-21-17)15-8-10-23(11-9-15)13-14-4-2-1-3-5-14/h1-7,12,15,21H,8-11,13H2. The lowest BCUT2D eigenvalue weighted by Crippen LogP contribution is -2.32. The number of nitrogens with one attached hydrogen (secondary N) is 1. The Hall–Kier alpha value is -1.65. The van der Waals surface area contributed by atoms with Crippen LogP contribution in [0.5, 0.6) is 0 Å². The van der Waals surface area contributed by atoms with Crippen LogP contribution in [0.4, 0.5) is 0 Å². The van der Waals surface area contributed by atoms with Gasteiger partial charge in [-0.3, -0.25) is 4.90 Å². The van der Waals surface area contributed by atoms with Crippen LogP contribution in [-0.4, -0.2) is 28.0 Å². The van der Waals surface area contributed by atoms with Gasteiger partial charge in [-0.2, -0.15) is 0 Å². The maximum absolute atomic E-state index is 4.67. The summed E-state index contributed by atoms with van der Waals surface area (Å²) in [5.74, 6) is 0.609. The molecule has 1 aliphatic heterocycles. The first-order valence-corrected chi connectivity index (χ1v) is 8.99. The van der Waals surface area contributed by atoms with E-state index in [1.54, 1.807) is 0 Å². The Morgan fingerprint density at radius 3 is 2.65 bits per heavy atom. The second-order valence-corrected chi connectivity index (χ2v) is 7.12. The van der Waals surface area contributed by atoms with E-state index in [1.165, 1.54) is 24.0 Å². The normalized spacial score (nSPS) is 16.9. The molecule has 23 heavy (non-hydrogen) atoms. The molecule has 0 unspecified atom stereocenters. The summed E-state index contributed by atoms with van der Waals surface area (Å²) >= 11 is 3.49. The van der Waals surface area contributed by atoms with Gasteiger partial charge in [-0.25, -0.2) is 4.98 Å². The largest absolute Gasteiger partial charge is 0.360 e. The second-order valence-electron chi connectivity index (χ2n) is 6.31. The zero-order chi connectivity index (χ0) is 15.6. The number of aromatic nitrogens is 2. The molecule has 0 spiro atoms. The van der Waals surface area contributed by atoms with E-state index >= 15 is 0 Å². The van der Waals surface area contributed by atoms with Gasteiger partial charge in [0, 0.05) is 12.7 Å². The molecule has 2 aromatic heterocycles. The third-order valence-corrected chi connectivity index (χ3v) is 5.24. The summed E-state index contributed by atoms with van der Waals surface area (Å²) in [4.78, 5) is 10.6. The van der Waals surface area contributed by atoms with Crippen LogP contribution in [0.1, 0.15) is 29.9 Å². The molecule has 1 aromatic carbocycles. The van der Waals surface area contributed by atoms with Gasteiger partial charge in [-0.05, 0) is 71.0 Å². The molecule has 0 radical (unpaired) electrons. The van der Waals surface area contributed by atoms with Crippen molar-refractivity contribution in [3.8, 4) is 0 Å². The summed E-state index contributed by atoms with van der Waals surface area (Å²) in [5, 5.41) is 0. The van der Waals surface area contributed by atoms with E-state index in [0.29, 0.717) is 5.92 Å². The number of aromatic amines is 1. The van der Waals surface area contributed by atoms with Crippen LogP contribution in [0.25, 0.3) is 11.0 Å². The molecule has 0 bridgehead atoms. The molecule has 0 atom stereocenters. The maximum atomic E-state index is 4.67. The molecule has 3 aromatic rings. The van der Waals surface area contributed by atoms with E-state index in [0.717, 1.165) is 35.3 Å². The highest BCUT2D eigenvalue weighted by Crippen LogP contribution is 2.33. The lowest BCUT2D eigenvalue weighted by molar-refractivity contribution is 0.205. The number of fused-ring (bicyclic) bond motifs is 1. The highest BCUT2D eigenvalue weighted by Gasteiger charge is 2.23. The highest BCUT2D eigenvalue weighted by atomic mass is 79.9. The minimum absolute atomic E-state index is 0.609. The average molecular weight is 370 g/mol. The monoisotopic (exact) mass is 369 g/mol. The van der Waals surface area contributed by atoms with Crippen LogP contribution in [-0.2, 0) is 6.54 Å². The van der Waals surface area contributed by atoms with Crippen molar-refractivity contribution in [1.82, 2.24) is 14.9 Å². The molecular formula is C19H20BrN3. The van der Waals surface area contributed by atoms with Crippen molar-refractivity contribution >= 4 is 27.0 Å². The Morgan fingerprint density at radius 1 is 1.09 bits per heavy atom. The predicted octanol–water partition coefficient (Wildman–Crippen LogP) is 4.71. The third kappa shape index (κ3) is 3.19. The van der Waals surface area contributed by atoms with Gasteiger partial charge in [0.25, 0.3) is 0 Å². The fourth-order valence-electron chi connectivity index (χ4n) is 3.55. The van der Waals surface area contributed by atoms with E-state index in [4.69, 9.17) is 0 Å². The minimum Gasteiger partial charge on any atom is -0.360 e. The van der Waals surface area contributed by atoms with Gasteiger partial charge in [-0.1, -0.05) is 30.3 Å². The van der Waals surface area contributed by atoms with E-state index in [-0.39, 0.29) is 0 Å². The number of halogens is 1. The molecule has 1 saturated heterocycles. The SMILES string of the molecule is Brc1ccc2[nH]cc(C3CCN(Cc4ccccc4)CC3)c2n1. The Balaban J connectivity index is 1.45. The van der Waals surface area contributed by atoms with Crippen LogP contribution in [0.3, 0.4) is 0 Å². The van der Waals surface area contributed by atoms with Crippen molar-refractivity contribution in [1.29, 1.82) is 0 Å². The third-order valence-electron chi connectivity index (χ3n) is 4.79. The van der Waals surface area contributed by atoms with Gasteiger partial charge in [0.15, 0.2) is 0 Å². The molecule has 4 rings (SSSR count). The highest BCUT2D eigenvalue weighted by molar-refractivity contribution is 9.10. The lowest BCUT2D eigenvalue weighted by atomic mass is 9.90. The van der Waals surface area contributed by atoms with Gasteiger partial charge in [-0.15, -0.1) is 0 Å². The van der Waals surface area contributed by atoms with Crippen molar-refractivity contribution in [2.24, 2.45) is 0 Å². The molecule has 3 nitrogen and oxygen atoms in total. The van der Waals surface area contributed by atoms with E-state index in [2.05, 4.69) is 73.4 Å². The topological polar surface area (TPSA) is 31.9 Å². The van der Waals surface area contributed by atoms with Gasteiger partial charge >= 0.3 is 0 Å². The van der Waals surface area contributed by atoms with Crippen LogP contribution in [0.2, 0.25) is 0 Å². The zero-order valence-corrected chi connectivity index (χ0v) is 14.6. The van der Waals surface area contributed by atoms with E-state index in [9.17, 15) is 0 Å². The smallest absolute Gasteiger partial charge is 0.106 e. The summed E-state index contributed by atoms with van der Waals surface area (Å²) in [6, 6.07) is 14.8. The van der Waals surface area contributed by atoms with Gasteiger partial charge in [0.05, 0.1) is 11.0 Å². The van der Waals surface area contributed by atoms with Gasteiger partial charge < -0.3 is 4.98 Å². The van der Waals surface area contributed by atoms with Crippen molar-refractivity contribution in [3.63, 3.8) is 0 Å². The first kappa shape index (κ1) is 14.9. The predicted molar refractivity (Wildman–Crippen MR) is 97.5 cm³/mol. The van der Waals surface area contributed by atoms with Crippen molar-refractivity contribution in [3.05, 3.63) is 64.4 Å². The fourth-order valence-corrected chi connectivity index (χ4v) is 3.86. The molecular weight excluding hydrogens is 350 g/mol. The van der Waals surface area contributed by atoms with Crippen molar-refractivity contribution < 1.29 is 0 Å². The number of rotatable bonds is 3. The molecule has 0 amide bonds. The number of hydrogen-bond donors (Lipinski definition) is 1. The number of benzene rings is 1.